The van der Waals surface area contributed by atoms with Gasteiger partial charge < -0.3 is 15.2 Å². The standard InChI is InChI=1S/C21H19Cl2N3O2/c22-15-2-1-3-17(12-15)24-20(27)13-6-8-26(9-7-13)21(28)19-11-14-10-16(23)4-5-18(14)25-19/h1-5,10-13,25H,6-9H2,(H,24,27). The molecule has 28 heavy (non-hydrogen) atoms. The molecule has 0 saturated carbocycles. The van der Waals surface area contributed by atoms with Crippen molar-refractivity contribution in [1.29, 1.82) is 0 Å². The molecule has 0 aliphatic carbocycles. The van der Waals surface area contributed by atoms with E-state index in [1.54, 1.807) is 29.2 Å². The lowest BCUT2D eigenvalue weighted by Gasteiger charge is -2.31. The van der Waals surface area contributed by atoms with Crippen LogP contribution in [0.15, 0.2) is 48.5 Å². The number of aromatic nitrogens is 1. The zero-order valence-corrected chi connectivity index (χ0v) is 16.6. The molecule has 0 unspecified atom stereocenters. The fourth-order valence-corrected chi connectivity index (χ4v) is 3.92. The number of nitrogens with one attached hydrogen (secondary N) is 2. The van der Waals surface area contributed by atoms with Gasteiger partial charge in [-0.2, -0.15) is 0 Å². The first-order valence-corrected chi connectivity index (χ1v) is 9.89. The van der Waals surface area contributed by atoms with Crippen molar-refractivity contribution in [2.45, 2.75) is 12.8 Å². The molecule has 2 amide bonds. The number of hydrogen-bond donors (Lipinski definition) is 2. The molecule has 5 nitrogen and oxygen atoms in total. The zero-order valence-electron chi connectivity index (χ0n) is 15.0. The van der Waals surface area contributed by atoms with E-state index in [1.165, 1.54) is 0 Å². The number of aromatic amines is 1. The molecule has 0 atom stereocenters. The Bertz CT molecular complexity index is 1040. The van der Waals surface area contributed by atoms with Gasteiger partial charge in [0.05, 0.1) is 0 Å². The highest BCUT2D eigenvalue weighted by Crippen LogP contribution is 2.24. The summed E-state index contributed by atoms with van der Waals surface area (Å²) in [6, 6.07) is 14.4. The predicted octanol–water partition coefficient (Wildman–Crippen LogP) is 4.97. The van der Waals surface area contributed by atoms with Crippen LogP contribution in [0.4, 0.5) is 5.69 Å². The maximum absolute atomic E-state index is 12.8. The summed E-state index contributed by atoms with van der Waals surface area (Å²) < 4.78 is 0. The van der Waals surface area contributed by atoms with Crippen molar-refractivity contribution in [2.24, 2.45) is 5.92 Å². The number of likely N-dealkylation sites (tertiary alicyclic amines) is 1. The molecule has 144 valence electrons. The van der Waals surface area contributed by atoms with Gasteiger partial charge in [-0.1, -0.05) is 29.3 Å². The lowest BCUT2D eigenvalue weighted by molar-refractivity contribution is -0.121. The zero-order chi connectivity index (χ0) is 19.7. The SMILES string of the molecule is O=C(Nc1cccc(Cl)c1)C1CCN(C(=O)c2cc3cc(Cl)ccc3[nH]2)CC1. The van der Waals surface area contributed by atoms with Crippen LogP contribution in [0.5, 0.6) is 0 Å². The molecule has 2 N–H and O–H groups in total. The van der Waals surface area contributed by atoms with Crippen LogP contribution in [-0.4, -0.2) is 34.8 Å². The molecule has 1 fully saturated rings. The molecule has 2 aromatic carbocycles. The van der Waals surface area contributed by atoms with Gasteiger partial charge in [0.25, 0.3) is 5.91 Å². The van der Waals surface area contributed by atoms with Crippen molar-refractivity contribution >= 4 is 51.6 Å². The van der Waals surface area contributed by atoms with Crippen LogP contribution in [0.25, 0.3) is 10.9 Å². The number of H-pyrrole nitrogens is 1. The van der Waals surface area contributed by atoms with Crippen molar-refractivity contribution < 1.29 is 9.59 Å². The molecule has 0 radical (unpaired) electrons. The Balaban J connectivity index is 1.37. The maximum atomic E-state index is 12.8. The third kappa shape index (κ3) is 4.01. The quantitative estimate of drug-likeness (QED) is 0.634. The Hall–Kier alpha value is -2.50. The summed E-state index contributed by atoms with van der Waals surface area (Å²) in [6.45, 7) is 1.09. The van der Waals surface area contributed by atoms with E-state index in [0.29, 0.717) is 47.4 Å². The molecule has 1 aliphatic rings. The van der Waals surface area contributed by atoms with Gasteiger partial charge in [-0.25, -0.2) is 0 Å². The number of anilines is 1. The second-order valence-corrected chi connectivity index (χ2v) is 7.85. The summed E-state index contributed by atoms with van der Waals surface area (Å²) in [6.07, 6.45) is 1.26. The van der Waals surface area contributed by atoms with Crippen molar-refractivity contribution in [3.63, 3.8) is 0 Å². The Labute approximate surface area is 172 Å². The highest BCUT2D eigenvalue weighted by molar-refractivity contribution is 6.31. The van der Waals surface area contributed by atoms with Gasteiger partial charge in [0.15, 0.2) is 0 Å². The van der Waals surface area contributed by atoms with E-state index in [2.05, 4.69) is 10.3 Å². The molecule has 3 aromatic rings. The number of piperidine rings is 1. The Kier molecular flexibility index (Phi) is 5.29. The number of fused-ring (bicyclic) bond motifs is 1. The smallest absolute Gasteiger partial charge is 0.270 e. The third-order valence-corrected chi connectivity index (χ3v) is 5.53. The van der Waals surface area contributed by atoms with E-state index in [9.17, 15) is 9.59 Å². The van der Waals surface area contributed by atoms with E-state index in [4.69, 9.17) is 23.2 Å². The van der Waals surface area contributed by atoms with Gasteiger partial charge in [-0.05, 0) is 55.3 Å². The monoisotopic (exact) mass is 415 g/mol. The Morgan fingerprint density at radius 3 is 2.50 bits per heavy atom. The maximum Gasteiger partial charge on any atom is 0.270 e. The summed E-state index contributed by atoms with van der Waals surface area (Å²) in [7, 11) is 0. The van der Waals surface area contributed by atoms with Crippen LogP contribution in [0.3, 0.4) is 0 Å². The minimum atomic E-state index is -0.121. The molecule has 7 heteroatoms. The van der Waals surface area contributed by atoms with Crippen LogP contribution in [0.2, 0.25) is 10.0 Å². The van der Waals surface area contributed by atoms with E-state index >= 15 is 0 Å². The first-order valence-electron chi connectivity index (χ1n) is 9.13. The molecular weight excluding hydrogens is 397 g/mol. The van der Waals surface area contributed by atoms with Gasteiger partial charge in [0.2, 0.25) is 5.91 Å². The minimum Gasteiger partial charge on any atom is -0.351 e. The molecule has 0 bridgehead atoms. The molecule has 2 heterocycles. The first-order chi connectivity index (χ1) is 13.5. The number of benzene rings is 2. The normalized spacial score (nSPS) is 15.0. The van der Waals surface area contributed by atoms with Crippen LogP contribution in [0, 0.1) is 5.92 Å². The Morgan fingerprint density at radius 1 is 1.00 bits per heavy atom. The third-order valence-electron chi connectivity index (χ3n) is 5.06. The summed E-state index contributed by atoms with van der Waals surface area (Å²) in [4.78, 5) is 30.2. The lowest BCUT2D eigenvalue weighted by Crippen LogP contribution is -2.41. The summed E-state index contributed by atoms with van der Waals surface area (Å²) in [5.74, 6) is -0.208. The van der Waals surface area contributed by atoms with Gasteiger partial charge >= 0.3 is 0 Å². The molecule has 4 rings (SSSR count). The topological polar surface area (TPSA) is 65.2 Å². The van der Waals surface area contributed by atoms with Crippen LogP contribution >= 0.6 is 23.2 Å². The van der Waals surface area contributed by atoms with E-state index in [0.717, 1.165) is 10.9 Å². The summed E-state index contributed by atoms with van der Waals surface area (Å²) in [5, 5.41) is 5.03. The van der Waals surface area contributed by atoms with Crippen LogP contribution in [-0.2, 0) is 4.79 Å². The van der Waals surface area contributed by atoms with Gasteiger partial charge in [0, 0.05) is 45.6 Å². The first kappa shape index (κ1) is 18.8. The summed E-state index contributed by atoms with van der Waals surface area (Å²) in [5.41, 5.74) is 2.11. The van der Waals surface area contributed by atoms with E-state index in [1.807, 2.05) is 24.3 Å². The molecule has 1 saturated heterocycles. The fraction of sp³-hybridized carbons (Fsp3) is 0.238. The average molecular weight is 416 g/mol. The molecule has 1 aromatic heterocycles. The van der Waals surface area contributed by atoms with Crippen molar-refractivity contribution in [2.75, 3.05) is 18.4 Å². The van der Waals surface area contributed by atoms with Crippen molar-refractivity contribution in [3.8, 4) is 0 Å². The number of carbonyl (C=O) groups is 2. The molecular formula is C21H19Cl2N3O2. The van der Waals surface area contributed by atoms with Crippen molar-refractivity contribution in [3.05, 3.63) is 64.3 Å². The second kappa shape index (κ2) is 7.86. The molecule has 0 spiro atoms. The van der Waals surface area contributed by atoms with E-state index in [-0.39, 0.29) is 17.7 Å². The number of amides is 2. The number of halogens is 2. The fourth-order valence-electron chi connectivity index (χ4n) is 3.54. The molecule has 1 aliphatic heterocycles. The number of carbonyl (C=O) groups excluding carboxylic acids is 2. The van der Waals surface area contributed by atoms with Crippen LogP contribution in [0.1, 0.15) is 23.3 Å². The van der Waals surface area contributed by atoms with Crippen LogP contribution < -0.4 is 5.32 Å². The summed E-state index contributed by atoms with van der Waals surface area (Å²) >= 11 is 12.0. The number of hydrogen-bond acceptors (Lipinski definition) is 2. The van der Waals surface area contributed by atoms with Gasteiger partial charge in [0.1, 0.15) is 5.69 Å². The highest BCUT2D eigenvalue weighted by atomic mass is 35.5. The minimum absolute atomic E-state index is 0.0328. The number of nitrogens with zero attached hydrogens (tertiary/aromatic N) is 1. The van der Waals surface area contributed by atoms with Crippen molar-refractivity contribution in [1.82, 2.24) is 9.88 Å². The highest BCUT2D eigenvalue weighted by Gasteiger charge is 2.28. The van der Waals surface area contributed by atoms with Gasteiger partial charge in [-0.3, -0.25) is 9.59 Å². The average Bonchev–Trinajstić information content (AvgIpc) is 3.10. The largest absolute Gasteiger partial charge is 0.351 e. The lowest BCUT2D eigenvalue weighted by atomic mass is 9.95. The predicted molar refractivity (Wildman–Crippen MR) is 112 cm³/mol. The second-order valence-electron chi connectivity index (χ2n) is 6.98. The Morgan fingerprint density at radius 2 is 1.75 bits per heavy atom. The van der Waals surface area contributed by atoms with Gasteiger partial charge in [-0.15, -0.1) is 0 Å². The van der Waals surface area contributed by atoms with E-state index < -0.39 is 0 Å². The number of rotatable bonds is 3.